The van der Waals surface area contributed by atoms with Crippen LogP contribution in [0.2, 0.25) is 0 Å². The van der Waals surface area contributed by atoms with Gasteiger partial charge in [0.05, 0.1) is 6.33 Å². The summed E-state index contributed by atoms with van der Waals surface area (Å²) in [6.07, 6.45) is 1.43. The molecule has 1 N–H and O–H groups in total. The van der Waals surface area contributed by atoms with Gasteiger partial charge in [0.1, 0.15) is 12.1 Å². The summed E-state index contributed by atoms with van der Waals surface area (Å²) in [7, 11) is 0. The molecule has 27 heavy (non-hydrogen) atoms. The minimum Gasteiger partial charge on any atom is -0.345 e. The summed E-state index contributed by atoms with van der Waals surface area (Å²) >= 11 is 0. The normalized spacial score (nSPS) is 21.2. The number of halogens is 3. The third kappa shape index (κ3) is 4.50. The Balaban J connectivity index is 1.82. The lowest BCUT2D eigenvalue weighted by Crippen LogP contribution is -2.58. The first-order valence-corrected chi connectivity index (χ1v) is 8.90. The molecule has 0 saturated carbocycles. The van der Waals surface area contributed by atoms with Crippen molar-refractivity contribution < 1.29 is 18.0 Å². The van der Waals surface area contributed by atoms with E-state index < -0.39 is 24.2 Å². The predicted octanol–water partition coefficient (Wildman–Crippen LogP) is 2.86. The number of benzene rings is 1. The summed E-state index contributed by atoms with van der Waals surface area (Å²) in [5.41, 5.74) is 1.20. The number of alkyl halides is 3. The van der Waals surface area contributed by atoms with Crippen LogP contribution in [-0.4, -0.2) is 46.2 Å². The number of imidazole rings is 1. The highest BCUT2D eigenvalue weighted by atomic mass is 19.4. The van der Waals surface area contributed by atoms with Gasteiger partial charge in [-0.15, -0.1) is 0 Å². The van der Waals surface area contributed by atoms with Crippen LogP contribution in [0, 0.1) is 6.92 Å². The quantitative estimate of drug-likeness (QED) is 0.868. The molecule has 8 heteroatoms. The highest BCUT2D eigenvalue weighted by Crippen LogP contribution is 2.31. The number of carbonyl (C=O) groups is 1. The molecular weight excluding hydrogens is 357 g/mol. The molecule has 0 spiro atoms. The van der Waals surface area contributed by atoms with E-state index in [9.17, 15) is 18.0 Å². The van der Waals surface area contributed by atoms with Crippen molar-refractivity contribution in [3.8, 4) is 0 Å². The van der Waals surface area contributed by atoms with E-state index in [-0.39, 0.29) is 0 Å². The number of hydrogen-bond donors (Lipinski definition) is 1. The monoisotopic (exact) mass is 380 g/mol. The zero-order valence-electron chi connectivity index (χ0n) is 15.2. The largest absolute Gasteiger partial charge is 0.405 e. The maximum absolute atomic E-state index is 12.8. The number of carbonyl (C=O) groups excluding carboxylic acids is 1. The maximum Gasteiger partial charge on any atom is 0.405 e. The fourth-order valence-electron chi connectivity index (χ4n) is 3.66. The Kier molecular flexibility index (Phi) is 5.55. The summed E-state index contributed by atoms with van der Waals surface area (Å²) in [5.74, 6) is -0.618. The van der Waals surface area contributed by atoms with E-state index in [0.717, 1.165) is 17.7 Å². The first kappa shape index (κ1) is 19.4. The number of likely N-dealkylation sites (tertiary alicyclic amines) is 1. The Labute approximate surface area is 156 Å². The maximum atomic E-state index is 12.8. The van der Waals surface area contributed by atoms with Crippen LogP contribution in [0.4, 0.5) is 13.2 Å². The molecule has 3 rings (SSSR count). The van der Waals surface area contributed by atoms with Crippen molar-refractivity contribution in [2.45, 2.75) is 38.0 Å². The Morgan fingerprint density at radius 2 is 2.11 bits per heavy atom. The van der Waals surface area contributed by atoms with Crippen molar-refractivity contribution in [2.75, 3.05) is 19.6 Å². The smallest absolute Gasteiger partial charge is 0.345 e. The Bertz CT molecular complexity index is 776. The van der Waals surface area contributed by atoms with Crippen LogP contribution in [0.3, 0.4) is 0 Å². The standard InChI is InChI=1S/C19H23F3N4O/c1-15-5-2-3-6-16(15)11-25-9-4-7-18(13-25,26-10-8-23-14-26)17(27)24-12-19(20,21)22/h2-3,5-6,8,10,14H,4,7,9,11-13H2,1H3,(H,24,27). The SMILES string of the molecule is Cc1ccccc1CN1CCCC(C(=O)NCC(F)(F)F)(n2ccnc2)C1. The second kappa shape index (κ2) is 7.72. The molecule has 146 valence electrons. The highest BCUT2D eigenvalue weighted by Gasteiger charge is 2.44. The zero-order valence-corrected chi connectivity index (χ0v) is 15.2. The van der Waals surface area contributed by atoms with Crippen molar-refractivity contribution in [1.29, 1.82) is 0 Å². The molecule has 1 unspecified atom stereocenters. The summed E-state index contributed by atoms with van der Waals surface area (Å²) in [5, 5.41) is 2.08. The van der Waals surface area contributed by atoms with E-state index in [2.05, 4.69) is 15.2 Å². The lowest BCUT2D eigenvalue weighted by Gasteiger charge is -2.42. The first-order chi connectivity index (χ1) is 12.8. The van der Waals surface area contributed by atoms with Crippen molar-refractivity contribution in [2.24, 2.45) is 0 Å². The third-order valence-electron chi connectivity index (χ3n) is 5.08. The number of nitrogens with zero attached hydrogens (tertiary/aromatic N) is 3. The zero-order chi connectivity index (χ0) is 19.5. The molecule has 0 radical (unpaired) electrons. The number of nitrogens with one attached hydrogen (secondary N) is 1. The molecule has 0 aliphatic carbocycles. The second-order valence-corrected chi connectivity index (χ2v) is 7.04. The van der Waals surface area contributed by atoms with Crippen LogP contribution < -0.4 is 5.32 Å². The van der Waals surface area contributed by atoms with Crippen molar-refractivity contribution in [1.82, 2.24) is 19.8 Å². The minimum atomic E-state index is -4.44. The van der Waals surface area contributed by atoms with E-state index >= 15 is 0 Å². The van der Waals surface area contributed by atoms with Crippen LogP contribution in [0.25, 0.3) is 0 Å². The van der Waals surface area contributed by atoms with Crippen LogP contribution in [0.15, 0.2) is 43.0 Å². The van der Waals surface area contributed by atoms with E-state index in [1.54, 1.807) is 17.0 Å². The van der Waals surface area contributed by atoms with Gasteiger partial charge in [-0.1, -0.05) is 24.3 Å². The van der Waals surface area contributed by atoms with Gasteiger partial charge in [0.25, 0.3) is 0 Å². The fraction of sp³-hybridized carbons (Fsp3) is 0.474. The van der Waals surface area contributed by atoms with E-state index in [1.165, 1.54) is 6.33 Å². The summed E-state index contributed by atoms with van der Waals surface area (Å²) in [4.78, 5) is 19.0. The Hall–Kier alpha value is -2.35. The van der Waals surface area contributed by atoms with E-state index in [4.69, 9.17) is 0 Å². The van der Waals surface area contributed by atoms with Gasteiger partial charge in [-0.2, -0.15) is 13.2 Å². The van der Waals surface area contributed by atoms with Crippen molar-refractivity contribution >= 4 is 5.91 Å². The minimum absolute atomic E-state index is 0.335. The van der Waals surface area contributed by atoms with E-state index in [0.29, 0.717) is 25.9 Å². The number of hydrogen-bond acceptors (Lipinski definition) is 3. The van der Waals surface area contributed by atoms with Crippen molar-refractivity contribution in [3.05, 3.63) is 54.1 Å². The average molecular weight is 380 g/mol. The molecule has 2 heterocycles. The Morgan fingerprint density at radius 1 is 1.33 bits per heavy atom. The number of piperidine rings is 1. The van der Waals surface area contributed by atoms with Gasteiger partial charge in [0.15, 0.2) is 0 Å². The van der Waals surface area contributed by atoms with Gasteiger partial charge in [-0.25, -0.2) is 4.98 Å². The predicted molar refractivity (Wildman–Crippen MR) is 95.0 cm³/mol. The molecule has 1 atom stereocenters. The molecule has 5 nitrogen and oxygen atoms in total. The number of amides is 1. The van der Waals surface area contributed by atoms with Gasteiger partial charge in [0, 0.05) is 25.5 Å². The lowest BCUT2D eigenvalue weighted by atomic mass is 9.87. The second-order valence-electron chi connectivity index (χ2n) is 7.04. The average Bonchev–Trinajstić information content (AvgIpc) is 3.16. The molecule has 1 amide bonds. The van der Waals surface area contributed by atoms with Gasteiger partial charge in [0.2, 0.25) is 5.91 Å². The lowest BCUT2D eigenvalue weighted by molar-refractivity contribution is -0.146. The molecule has 1 aliphatic rings. The van der Waals surface area contributed by atoms with Crippen LogP contribution in [0.5, 0.6) is 0 Å². The van der Waals surface area contributed by atoms with Gasteiger partial charge in [-0.3, -0.25) is 9.69 Å². The number of aryl methyl sites for hydroxylation is 1. The van der Waals surface area contributed by atoms with Gasteiger partial charge in [-0.05, 0) is 37.4 Å². The topological polar surface area (TPSA) is 50.2 Å². The summed E-state index contributed by atoms with van der Waals surface area (Å²) in [6.45, 7) is 2.47. The number of aromatic nitrogens is 2. The first-order valence-electron chi connectivity index (χ1n) is 8.90. The summed E-state index contributed by atoms with van der Waals surface area (Å²) in [6, 6.07) is 7.99. The van der Waals surface area contributed by atoms with E-state index in [1.807, 2.05) is 31.2 Å². The van der Waals surface area contributed by atoms with Gasteiger partial charge >= 0.3 is 6.18 Å². The number of rotatable bonds is 5. The summed E-state index contributed by atoms with van der Waals surface area (Å²) < 4.78 is 39.5. The Morgan fingerprint density at radius 3 is 2.78 bits per heavy atom. The molecule has 1 aromatic carbocycles. The molecule has 1 fully saturated rings. The molecule has 1 aromatic heterocycles. The van der Waals surface area contributed by atoms with Crippen LogP contribution >= 0.6 is 0 Å². The third-order valence-corrected chi connectivity index (χ3v) is 5.08. The molecular formula is C19H23F3N4O. The van der Waals surface area contributed by atoms with Gasteiger partial charge < -0.3 is 9.88 Å². The fourth-order valence-corrected chi connectivity index (χ4v) is 3.66. The molecule has 0 bridgehead atoms. The van der Waals surface area contributed by atoms with Crippen LogP contribution in [-0.2, 0) is 16.9 Å². The molecule has 1 aliphatic heterocycles. The van der Waals surface area contributed by atoms with Crippen molar-refractivity contribution in [3.63, 3.8) is 0 Å². The molecule has 1 saturated heterocycles. The highest BCUT2D eigenvalue weighted by molar-refractivity contribution is 5.85. The van der Waals surface area contributed by atoms with Crippen LogP contribution in [0.1, 0.15) is 24.0 Å². The molecule has 2 aromatic rings.